The minimum atomic E-state index is -0.588. The van der Waals surface area contributed by atoms with Crippen LogP contribution in [0.3, 0.4) is 0 Å². The van der Waals surface area contributed by atoms with Crippen LogP contribution < -0.4 is 10.1 Å². The summed E-state index contributed by atoms with van der Waals surface area (Å²) in [6.45, 7) is 3.53. The zero-order valence-corrected chi connectivity index (χ0v) is 12.4. The van der Waals surface area contributed by atoms with Crippen molar-refractivity contribution in [1.82, 2.24) is 9.78 Å². The van der Waals surface area contributed by atoms with E-state index in [1.54, 1.807) is 25.4 Å². The predicted molar refractivity (Wildman–Crippen MR) is 80.0 cm³/mol. The number of hydrogen-bond acceptors (Lipinski definition) is 5. The molecule has 1 atom stereocenters. The van der Waals surface area contributed by atoms with Crippen LogP contribution in [0.4, 0.5) is 11.4 Å². The molecule has 0 spiro atoms. The molecule has 1 unspecified atom stereocenters. The molecule has 0 fully saturated rings. The lowest BCUT2D eigenvalue weighted by Crippen LogP contribution is -2.24. The van der Waals surface area contributed by atoms with Crippen molar-refractivity contribution >= 4 is 17.3 Å². The molecule has 8 nitrogen and oxygen atoms in total. The highest BCUT2D eigenvalue weighted by atomic mass is 16.6. The smallest absolute Gasteiger partial charge is 0.296 e. The van der Waals surface area contributed by atoms with E-state index < -0.39 is 16.9 Å². The van der Waals surface area contributed by atoms with E-state index in [0.717, 1.165) is 5.56 Å². The van der Waals surface area contributed by atoms with Crippen molar-refractivity contribution in [3.05, 3.63) is 46.3 Å². The Bertz CT molecular complexity index is 711. The summed E-state index contributed by atoms with van der Waals surface area (Å²) in [5.74, 6) is -0.0446. The number of nitrogens with one attached hydrogen (secondary N) is 1. The second-order valence-electron chi connectivity index (χ2n) is 4.80. The number of anilines is 1. The molecule has 0 saturated carbocycles. The number of carbonyl (C=O) groups excluding carboxylic acids is 1. The van der Waals surface area contributed by atoms with E-state index in [4.69, 9.17) is 4.74 Å². The largest absolute Gasteiger partial charge is 0.496 e. The summed E-state index contributed by atoms with van der Waals surface area (Å²) in [6.07, 6.45) is 3.37. The van der Waals surface area contributed by atoms with Crippen molar-refractivity contribution < 1.29 is 14.5 Å². The molecule has 1 heterocycles. The predicted octanol–water partition coefficient (Wildman–Crippen LogP) is 2.31. The van der Waals surface area contributed by atoms with Crippen LogP contribution in [0.2, 0.25) is 0 Å². The van der Waals surface area contributed by atoms with Crippen LogP contribution in [0, 0.1) is 17.0 Å². The molecule has 0 aliphatic rings. The van der Waals surface area contributed by atoms with Gasteiger partial charge in [0.1, 0.15) is 17.5 Å². The number of benzene rings is 1. The first-order chi connectivity index (χ1) is 10.4. The van der Waals surface area contributed by atoms with Gasteiger partial charge in [0.2, 0.25) is 5.91 Å². The number of aromatic nitrogens is 2. The van der Waals surface area contributed by atoms with Crippen molar-refractivity contribution in [2.24, 2.45) is 0 Å². The van der Waals surface area contributed by atoms with E-state index in [-0.39, 0.29) is 11.4 Å². The molecule has 2 rings (SSSR count). The van der Waals surface area contributed by atoms with E-state index in [1.807, 2.05) is 6.92 Å². The maximum atomic E-state index is 12.2. The number of rotatable bonds is 5. The Morgan fingerprint density at radius 3 is 2.77 bits per heavy atom. The topological polar surface area (TPSA) is 99.3 Å². The summed E-state index contributed by atoms with van der Waals surface area (Å²) in [4.78, 5) is 22.8. The fourth-order valence-corrected chi connectivity index (χ4v) is 1.90. The monoisotopic (exact) mass is 304 g/mol. The summed E-state index contributed by atoms with van der Waals surface area (Å²) in [5.41, 5.74) is 0.818. The molecule has 1 amide bonds. The third-order valence-electron chi connectivity index (χ3n) is 3.17. The second-order valence-corrected chi connectivity index (χ2v) is 4.80. The molecular weight excluding hydrogens is 288 g/mol. The normalized spacial score (nSPS) is 11.8. The average Bonchev–Trinajstić information content (AvgIpc) is 2.93. The first kappa shape index (κ1) is 15.5. The highest BCUT2D eigenvalue weighted by molar-refractivity contribution is 5.95. The Balaban J connectivity index is 2.22. The second kappa shape index (κ2) is 6.25. The first-order valence-electron chi connectivity index (χ1n) is 6.56. The molecule has 1 aromatic heterocycles. The summed E-state index contributed by atoms with van der Waals surface area (Å²) in [7, 11) is 1.42. The zero-order valence-electron chi connectivity index (χ0n) is 12.4. The van der Waals surface area contributed by atoms with Crippen LogP contribution in [0.5, 0.6) is 5.75 Å². The molecule has 0 aliphatic heterocycles. The first-order valence-corrected chi connectivity index (χ1v) is 6.56. The van der Waals surface area contributed by atoms with E-state index in [0.29, 0.717) is 5.75 Å². The number of amides is 1. The van der Waals surface area contributed by atoms with Gasteiger partial charge in [-0.1, -0.05) is 0 Å². The molecule has 1 N–H and O–H groups in total. The van der Waals surface area contributed by atoms with Gasteiger partial charge in [-0.15, -0.1) is 0 Å². The number of aryl methyl sites for hydroxylation is 1. The Hall–Kier alpha value is -2.90. The van der Waals surface area contributed by atoms with Gasteiger partial charge in [0.15, 0.2) is 0 Å². The maximum absolute atomic E-state index is 12.2. The van der Waals surface area contributed by atoms with E-state index in [2.05, 4.69) is 10.4 Å². The van der Waals surface area contributed by atoms with Gasteiger partial charge < -0.3 is 10.1 Å². The zero-order chi connectivity index (χ0) is 16.3. The highest BCUT2D eigenvalue weighted by Crippen LogP contribution is 2.29. The number of carbonyl (C=O) groups is 1. The van der Waals surface area contributed by atoms with Crippen molar-refractivity contribution in [3.63, 3.8) is 0 Å². The molecule has 116 valence electrons. The Morgan fingerprint density at radius 2 is 2.23 bits per heavy atom. The van der Waals surface area contributed by atoms with E-state index in [9.17, 15) is 14.9 Å². The quantitative estimate of drug-likeness (QED) is 0.675. The molecule has 0 radical (unpaired) electrons. The summed E-state index contributed by atoms with van der Waals surface area (Å²) >= 11 is 0. The Kier molecular flexibility index (Phi) is 4.40. The summed E-state index contributed by atoms with van der Waals surface area (Å²) in [5, 5.41) is 17.7. The minimum absolute atomic E-state index is 0.117. The van der Waals surface area contributed by atoms with Gasteiger partial charge in [-0.25, -0.2) is 0 Å². The Labute approximate surface area is 126 Å². The molecule has 0 aliphatic carbocycles. The van der Waals surface area contributed by atoms with Gasteiger partial charge >= 0.3 is 0 Å². The van der Waals surface area contributed by atoms with Gasteiger partial charge in [0.25, 0.3) is 5.69 Å². The van der Waals surface area contributed by atoms with Gasteiger partial charge in [0, 0.05) is 6.20 Å². The average molecular weight is 304 g/mol. The summed E-state index contributed by atoms with van der Waals surface area (Å²) < 4.78 is 6.45. The lowest BCUT2D eigenvalue weighted by Gasteiger charge is -2.13. The van der Waals surface area contributed by atoms with Crippen LogP contribution in [-0.2, 0) is 4.79 Å². The van der Waals surface area contributed by atoms with Crippen LogP contribution in [0.25, 0.3) is 0 Å². The van der Waals surface area contributed by atoms with Gasteiger partial charge in [-0.05, 0) is 31.5 Å². The lowest BCUT2D eigenvalue weighted by atomic mass is 10.2. The molecule has 0 saturated heterocycles. The van der Waals surface area contributed by atoms with Gasteiger partial charge in [0.05, 0.1) is 24.3 Å². The van der Waals surface area contributed by atoms with Crippen molar-refractivity contribution in [2.75, 3.05) is 12.4 Å². The summed E-state index contributed by atoms with van der Waals surface area (Å²) in [6, 6.07) is 3.66. The lowest BCUT2D eigenvalue weighted by molar-refractivity contribution is -0.384. The molecule has 0 bridgehead atoms. The number of hydrogen-bond donors (Lipinski definition) is 1. The SMILES string of the molecule is COc1ccc(NC(=O)C(C)n2cc(C)cn2)c([N+](=O)[O-])c1. The molecule has 22 heavy (non-hydrogen) atoms. The fraction of sp³-hybridized carbons (Fsp3) is 0.286. The van der Waals surface area contributed by atoms with Crippen LogP contribution >= 0.6 is 0 Å². The van der Waals surface area contributed by atoms with E-state index >= 15 is 0 Å². The number of nitrogens with zero attached hydrogens (tertiary/aromatic N) is 3. The fourth-order valence-electron chi connectivity index (χ4n) is 1.90. The standard InChI is InChI=1S/C14H16N4O4/c1-9-7-15-17(8-9)10(2)14(19)16-12-5-4-11(22-3)6-13(12)18(20)21/h4-8,10H,1-3H3,(H,16,19). The number of ether oxygens (including phenoxy) is 1. The van der Waals surface area contributed by atoms with Crippen molar-refractivity contribution in [1.29, 1.82) is 0 Å². The van der Waals surface area contributed by atoms with Crippen LogP contribution in [0.15, 0.2) is 30.6 Å². The molecular formula is C14H16N4O4. The number of nitro benzene ring substituents is 1. The minimum Gasteiger partial charge on any atom is -0.496 e. The number of methoxy groups -OCH3 is 1. The molecule has 2 aromatic rings. The molecule has 1 aromatic carbocycles. The van der Waals surface area contributed by atoms with E-state index in [1.165, 1.54) is 23.9 Å². The van der Waals surface area contributed by atoms with Gasteiger partial charge in [-0.2, -0.15) is 5.10 Å². The van der Waals surface area contributed by atoms with Crippen molar-refractivity contribution in [2.45, 2.75) is 19.9 Å². The maximum Gasteiger partial charge on any atom is 0.296 e. The van der Waals surface area contributed by atoms with Crippen LogP contribution in [-0.4, -0.2) is 27.7 Å². The Morgan fingerprint density at radius 1 is 1.50 bits per heavy atom. The third kappa shape index (κ3) is 3.22. The molecule has 8 heteroatoms. The van der Waals surface area contributed by atoms with Crippen molar-refractivity contribution in [3.8, 4) is 5.75 Å². The third-order valence-corrected chi connectivity index (χ3v) is 3.17. The highest BCUT2D eigenvalue weighted by Gasteiger charge is 2.21. The number of nitro groups is 1. The van der Waals surface area contributed by atoms with Gasteiger partial charge in [-0.3, -0.25) is 19.6 Å². The van der Waals surface area contributed by atoms with Crippen LogP contribution in [0.1, 0.15) is 18.5 Å².